The zero-order valence-electron chi connectivity index (χ0n) is 16.9. The van der Waals surface area contributed by atoms with E-state index >= 15 is 0 Å². The Bertz CT molecular complexity index is 804. The van der Waals surface area contributed by atoms with E-state index in [1.54, 1.807) is 0 Å². The van der Waals surface area contributed by atoms with Crippen molar-refractivity contribution in [2.24, 2.45) is 4.99 Å². The van der Waals surface area contributed by atoms with Gasteiger partial charge < -0.3 is 15.4 Å². The Morgan fingerprint density at radius 2 is 2.00 bits per heavy atom. The highest BCUT2D eigenvalue weighted by molar-refractivity contribution is 14.0. The normalized spacial score (nSPS) is 16.3. The van der Waals surface area contributed by atoms with E-state index in [4.69, 9.17) is 0 Å². The smallest absolute Gasteiger partial charge is 0.387 e. The molecule has 0 radical (unpaired) electrons. The largest absolute Gasteiger partial charge is 0.434 e. The molecule has 1 aliphatic rings. The maximum atomic E-state index is 14.0. The maximum absolute atomic E-state index is 14.0. The minimum Gasteiger partial charge on any atom is -0.434 e. The minimum atomic E-state index is -3.21. The molecule has 0 unspecified atom stereocenters. The van der Waals surface area contributed by atoms with Crippen LogP contribution < -0.4 is 15.4 Å². The van der Waals surface area contributed by atoms with Gasteiger partial charge in [0.25, 0.3) is 0 Å². The molecule has 0 atom stereocenters. The van der Waals surface area contributed by atoms with Crippen LogP contribution in [0.5, 0.6) is 5.75 Å². The third-order valence-corrected chi connectivity index (χ3v) is 6.67. The zero-order chi connectivity index (χ0) is 21.4. The highest BCUT2D eigenvalue weighted by atomic mass is 127. The number of rotatable bonds is 8. The van der Waals surface area contributed by atoms with Crippen LogP contribution in [0, 0.1) is 5.82 Å². The van der Waals surface area contributed by atoms with Crippen molar-refractivity contribution in [3.05, 3.63) is 29.6 Å². The molecule has 0 aliphatic carbocycles. The van der Waals surface area contributed by atoms with Crippen LogP contribution in [0.15, 0.2) is 23.2 Å². The van der Waals surface area contributed by atoms with E-state index in [1.807, 2.05) is 6.92 Å². The number of sulfonamides is 1. The summed E-state index contributed by atoms with van der Waals surface area (Å²) in [7, 11) is -1.68. The highest BCUT2D eigenvalue weighted by Crippen LogP contribution is 2.23. The molecular formula is C18H28F3IN4O3S. The molecule has 7 nitrogen and oxygen atoms in total. The minimum absolute atomic E-state index is 0. The SMILES string of the molecule is CCCS(=O)(=O)N1CCC(NC(=NC)NCc2c(F)cccc2OC(F)F)CC1.I. The average Bonchev–Trinajstić information content (AvgIpc) is 2.66. The quantitative estimate of drug-likeness (QED) is 0.289. The molecule has 1 heterocycles. The monoisotopic (exact) mass is 564 g/mol. The van der Waals surface area contributed by atoms with E-state index in [-0.39, 0.29) is 53.6 Å². The fraction of sp³-hybridized carbons (Fsp3) is 0.611. The summed E-state index contributed by atoms with van der Waals surface area (Å²) in [5, 5.41) is 6.06. The van der Waals surface area contributed by atoms with E-state index in [2.05, 4.69) is 20.4 Å². The van der Waals surface area contributed by atoms with Crippen molar-refractivity contribution in [1.82, 2.24) is 14.9 Å². The molecule has 30 heavy (non-hydrogen) atoms. The maximum Gasteiger partial charge on any atom is 0.387 e. The Hall–Kier alpha value is -1.28. The lowest BCUT2D eigenvalue weighted by Gasteiger charge is -2.32. The summed E-state index contributed by atoms with van der Waals surface area (Å²) in [4.78, 5) is 4.07. The first-order valence-corrected chi connectivity index (χ1v) is 11.0. The first-order valence-electron chi connectivity index (χ1n) is 9.44. The molecular weight excluding hydrogens is 536 g/mol. The van der Waals surface area contributed by atoms with Crippen LogP contribution in [0.4, 0.5) is 13.2 Å². The van der Waals surface area contributed by atoms with Gasteiger partial charge in [0.15, 0.2) is 5.96 Å². The van der Waals surface area contributed by atoms with Crippen LogP contribution in [0.1, 0.15) is 31.7 Å². The fourth-order valence-electron chi connectivity index (χ4n) is 3.14. The lowest BCUT2D eigenvalue weighted by Crippen LogP contribution is -2.49. The molecule has 1 aromatic carbocycles. The first kappa shape index (κ1) is 26.8. The molecule has 1 aromatic rings. The summed E-state index contributed by atoms with van der Waals surface area (Å²) < 4.78 is 69.2. The van der Waals surface area contributed by atoms with E-state index in [0.29, 0.717) is 38.3 Å². The second-order valence-electron chi connectivity index (χ2n) is 6.65. The summed E-state index contributed by atoms with van der Waals surface area (Å²) in [5.74, 6) is -0.399. The van der Waals surface area contributed by atoms with Crippen LogP contribution >= 0.6 is 24.0 Å². The van der Waals surface area contributed by atoms with Crippen LogP contribution in [-0.2, 0) is 16.6 Å². The van der Waals surface area contributed by atoms with Crippen LogP contribution in [0.3, 0.4) is 0 Å². The Morgan fingerprint density at radius 3 is 2.57 bits per heavy atom. The average molecular weight is 564 g/mol. The van der Waals surface area contributed by atoms with Crippen molar-refractivity contribution < 1.29 is 26.3 Å². The highest BCUT2D eigenvalue weighted by Gasteiger charge is 2.27. The van der Waals surface area contributed by atoms with Crippen LogP contribution in [-0.4, -0.2) is 57.2 Å². The van der Waals surface area contributed by atoms with Gasteiger partial charge >= 0.3 is 6.61 Å². The van der Waals surface area contributed by atoms with Gasteiger partial charge in [-0.15, -0.1) is 24.0 Å². The molecule has 172 valence electrons. The van der Waals surface area contributed by atoms with Crippen LogP contribution in [0.2, 0.25) is 0 Å². The fourth-order valence-corrected chi connectivity index (χ4v) is 4.68. The van der Waals surface area contributed by atoms with Crippen molar-refractivity contribution in [3.63, 3.8) is 0 Å². The topological polar surface area (TPSA) is 83.0 Å². The number of hydrogen-bond donors (Lipinski definition) is 2. The summed E-state index contributed by atoms with van der Waals surface area (Å²) in [6.45, 7) is -0.498. The lowest BCUT2D eigenvalue weighted by atomic mass is 10.1. The zero-order valence-corrected chi connectivity index (χ0v) is 20.1. The van der Waals surface area contributed by atoms with Gasteiger partial charge in [-0.3, -0.25) is 4.99 Å². The Labute approximate surface area is 192 Å². The molecule has 2 N–H and O–H groups in total. The number of aliphatic imine (C=N–C) groups is 1. The Balaban J connectivity index is 0.00000450. The van der Waals surface area contributed by atoms with Gasteiger partial charge in [-0.25, -0.2) is 17.1 Å². The molecule has 1 aliphatic heterocycles. The Kier molecular flexibility index (Phi) is 11.2. The third-order valence-electron chi connectivity index (χ3n) is 4.60. The summed E-state index contributed by atoms with van der Waals surface area (Å²) in [6, 6.07) is 3.73. The number of nitrogens with zero attached hydrogens (tertiary/aromatic N) is 2. The van der Waals surface area contributed by atoms with Gasteiger partial charge in [0, 0.05) is 38.3 Å². The number of alkyl halides is 2. The van der Waals surface area contributed by atoms with E-state index < -0.39 is 22.5 Å². The van der Waals surface area contributed by atoms with E-state index in [0.717, 1.165) is 6.07 Å². The van der Waals surface area contributed by atoms with Gasteiger partial charge in [0.05, 0.1) is 5.75 Å². The van der Waals surface area contributed by atoms with Crippen molar-refractivity contribution in [1.29, 1.82) is 0 Å². The van der Waals surface area contributed by atoms with Crippen molar-refractivity contribution in [3.8, 4) is 5.75 Å². The van der Waals surface area contributed by atoms with Crippen molar-refractivity contribution in [2.75, 3.05) is 25.9 Å². The number of ether oxygens (including phenoxy) is 1. The molecule has 0 bridgehead atoms. The molecule has 0 saturated carbocycles. The summed E-state index contributed by atoms with van der Waals surface area (Å²) in [5.41, 5.74) is -0.0313. The number of hydrogen-bond acceptors (Lipinski definition) is 4. The number of nitrogens with one attached hydrogen (secondary N) is 2. The third kappa shape index (κ3) is 7.76. The number of guanidine groups is 1. The molecule has 0 spiro atoms. The number of piperidine rings is 1. The van der Waals surface area contributed by atoms with Crippen molar-refractivity contribution in [2.45, 2.75) is 45.4 Å². The van der Waals surface area contributed by atoms with Gasteiger partial charge in [0.1, 0.15) is 11.6 Å². The Morgan fingerprint density at radius 1 is 1.33 bits per heavy atom. The van der Waals surface area contributed by atoms with Gasteiger partial charge in [-0.1, -0.05) is 13.0 Å². The molecule has 1 saturated heterocycles. The van der Waals surface area contributed by atoms with Gasteiger partial charge in [0.2, 0.25) is 10.0 Å². The lowest BCUT2D eigenvalue weighted by molar-refractivity contribution is -0.0506. The number of benzene rings is 1. The predicted octanol–water partition coefficient (Wildman–Crippen LogP) is 2.91. The van der Waals surface area contributed by atoms with Crippen molar-refractivity contribution >= 4 is 40.0 Å². The van der Waals surface area contributed by atoms with Crippen LogP contribution in [0.25, 0.3) is 0 Å². The standard InChI is InChI=1S/C18H27F3N4O3S.HI/c1-3-11-29(26,27)25-9-7-13(8-10-25)24-18(22-2)23-12-14-15(19)5-4-6-16(14)28-17(20)21;/h4-6,13,17H,3,7-12H2,1-2H3,(H2,22,23,24);1H. The van der Waals surface area contributed by atoms with Gasteiger partial charge in [-0.05, 0) is 31.4 Å². The summed E-state index contributed by atoms with van der Waals surface area (Å²) in [6.07, 6.45) is 1.77. The van der Waals surface area contributed by atoms with E-state index in [9.17, 15) is 21.6 Å². The molecule has 12 heteroatoms. The molecule has 0 amide bonds. The second-order valence-corrected chi connectivity index (χ2v) is 8.74. The first-order chi connectivity index (χ1) is 13.8. The van der Waals surface area contributed by atoms with Gasteiger partial charge in [-0.2, -0.15) is 8.78 Å². The molecule has 1 fully saturated rings. The number of halogens is 4. The summed E-state index contributed by atoms with van der Waals surface area (Å²) >= 11 is 0. The molecule has 2 rings (SSSR count). The van der Waals surface area contributed by atoms with E-state index in [1.165, 1.54) is 23.5 Å². The molecule has 0 aromatic heterocycles. The predicted molar refractivity (Wildman–Crippen MR) is 120 cm³/mol. The second kappa shape index (κ2) is 12.5.